The molecule has 0 bridgehead atoms. The number of nitrogens with one attached hydrogen (secondary N) is 1. The summed E-state index contributed by atoms with van der Waals surface area (Å²) in [7, 11) is 2.10. The summed E-state index contributed by atoms with van der Waals surface area (Å²) in [5, 5.41) is 12.9. The lowest BCUT2D eigenvalue weighted by Crippen LogP contribution is -2.51. The monoisotopic (exact) mass is 186 g/mol. The summed E-state index contributed by atoms with van der Waals surface area (Å²) in [5.41, 5.74) is 0.178. The number of aliphatic hydroxyl groups excluding tert-OH is 1. The van der Waals surface area contributed by atoms with Crippen LogP contribution in [0.25, 0.3) is 0 Å². The van der Waals surface area contributed by atoms with E-state index in [4.69, 9.17) is 0 Å². The fourth-order valence-corrected chi connectivity index (χ4v) is 1.74. The van der Waals surface area contributed by atoms with E-state index >= 15 is 0 Å². The minimum Gasteiger partial charge on any atom is -0.390 e. The number of hydrogen-bond acceptors (Lipinski definition) is 3. The van der Waals surface area contributed by atoms with Crippen molar-refractivity contribution in [1.29, 1.82) is 0 Å². The molecular weight excluding hydrogens is 164 g/mol. The van der Waals surface area contributed by atoms with Gasteiger partial charge in [0.05, 0.1) is 6.10 Å². The van der Waals surface area contributed by atoms with E-state index in [1.807, 2.05) is 0 Å². The van der Waals surface area contributed by atoms with Crippen LogP contribution in [0.3, 0.4) is 0 Å². The fourth-order valence-electron chi connectivity index (χ4n) is 1.74. The highest BCUT2D eigenvalue weighted by atomic mass is 16.3. The molecular formula is C10H22N2O. The Balaban J connectivity index is 2.60. The topological polar surface area (TPSA) is 35.5 Å². The molecule has 0 aromatic rings. The van der Waals surface area contributed by atoms with Crippen LogP contribution in [0, 0.1) is 0 Å². The van der Waals surface area contributed by atoms with Gasteiger partial charge < -0.3 is 10.4 Å². The molecule has 78 valence electrons. The smallest absolute Gasteiger partial charge is 0.0831 e. The Morgan fingerprint density at radius 1 is 1.46 bits per heavy atom. The zero-order valence-corrected chi connectivity index (χ0v) is 9.17. The van der Waals surface area contributed by atoms with Crippen LogP contribution in [0.5, 0.6) is 0 Å². The Hall–Kier alpha value is -0.120. The molecule has 3 nitrogen and oxygen atoms in total. The Morgan fingerprint density at radius 2 is 2.08 bits per heavy atom. The lowest BCUT2D eigenvalue weighted by Gasteiger charge is -2.40. The van der Waals surface area contributed by atoms with Gasteiger partial charge in [0.2, 0.25) is 0 Å². The zero-order valence-electron chi connectivity index (χ0n) is 9.17. The van der Waals surface area contributed by atoms with Crippen molar-refractivity contribution < 1.29 is 5.11 Å². The van der Waals surface area contributed by atoms with E-state index < -0.39 is 0 Å². The van der Waals surface area contributed by atoms with Crippen LogP contribution in [0.4, 0.5) is 0 Å². The molecule has 1 saturated heterocycles. The van der Waals surface area contributed by atoms with Crippen LogP contribution in [0.15, 0.2) is 0 Å². The Labute approximate surface area is 81.1 Å². The van der Waals surface area contributed by atoms with Crippen molar-refractivity contribution in [3.8, 4) is 0 Å². The quantitative estimate of drug-likeness (QED) is 0.671. The van der Waals surface area contributed by atoms with Crippen LogP contribution >= 0.6 is 0 Å². The van der Waals surface area contributed by atoms with E-state index in [0.29, 0.717) is 0 Å². The van der Waals surface area contributed by atoms with Gasteiger partial charge in [-0.25, -0.2) is 0 Å². The normalized spacial score (nSPS) is 30.0. The SMILES string of the molecule is CCC(C)(C)N(C)[C@@H]1CNC[C@H]1O. The molecule has 1 aliphatic heterocycles. The van der Waals surface area contributed by atoms with Crippen LogP contribution < -0.4 is 5.32 Å². The maximum absolute atomic E-state index is 9.71. The Bertz CT molecular complexity index is 170. The lowest BCUT2D eigenvalue weighted by atomic mass is 9.97. The van der Waals surface area contributed by atoms with Crippen molar-refractivity contribution >= 4 is 0 Å². The van der Waals surface area contributed by atoms with Gasteiger partial charge >= 0.3 is 0 Å². The minimum atomic E-state index is -0.212. The summed E-state index contributed by atoms with van der Waals surface area (Å²) in [6.07, 6.45) is 0.892. The molecule has 1 aliphatic rings. The first-order valence-corrected chi connectivity index (χ1v) is 5.10. The maximum Gasteiger partial charge on any atom is 0.0831 e. The summed E-state index contributed by atoms with van der Waals surface area (Å²) in [6, 6.07) is 0.273. The number of hydrogen-bond donors (Lipinski definition) is 2. The van der Waals surface area contributed by atoms with E-state index in [-0.39, 0.29) is 17.7 Å². The number of aliphatic hydroxyl groups is 1. The van der Waals surface area contributed by atoms with Crippen LogP contribution in [-0.2, 0) is 0 Å². The van der Waals surface area contributed by atoms with Gasteiger partial charge in [-0.15, -0.1) is 0 Å². The van der Waals surface area contributed by atoms with Gasteiger partial charge in [0.1, 0.15) is 0 Å². The van der Waals surface area contributed by atoms with Gasteiger partial charge in [0.15, 0.2) is 0 Å². The molecule has 0 aromatic carbocycles. The fraction of sp³-hybridized carbons (Fsp3) is 1.00. The summed E-state index contributed by atoms with van der Waals surface area (Å²) >= 11 is 0. The van der Waals surface area contributed by atoms with Gasteiger partial charge in [-0.05, 0) is 27.3 Å². The van der Waals surface area contributed by atoms with E-state index in [9.17, 15) is 5.11 Å². The van der Waals surface area contributed by atoms with E-state index in [1.165, 1.54) is 0 Å². The van der Waals surface area contributed by atoms with Gasteiger partial charge in [0.25, 0.3) is 0 Å². The molecule has 0 aromatic heterocycles. The predicted molar refractivity (Wildman–Crippen MR) is 54.8 cm³/mol. The van der Waals surface area contributed by atoms with Crippen LogP contribution in [0.1, 0.15) is 27.2 Å². The van der Waals surface area contributed by atoms with E-state index in [1.54, 1.807) is 0 Å². The van der Waals surface area contributed by atoms with Gasteiger partial charge in [-0.1, -0.05) is 6.92 Å². The highest BCUT2D eigenvalue weighted by Crippen LogP contribution is 2.21. The van der Waals surface area contributed by atoms with Gasteiger partial charge in [-0.2, -0.15) is 0 Å². The highest BCUT2D eigenvalue weighted by molar-refractivity contribution is 4.92. The molecule has 3 heteroatoms. The Kier molecular flexibility index (Phi) is 3.33. The average Bonchev–Trinajstić information content (AvgIpc) is 2.50. The summed E-state index contributed by atoms with van der Waals surface area (Å²) in [6.45, 7) is 8.26. The first-order valence-electron chi connectivity index (χ1n) is 5.10. The molecule has 0 unspecified atom stereocenters. The predicted octanol–water partition coefficient (Wildman–Crippen LogP) is 0.439. The first-order chi connectivity index (χ1) is 5.99. The highest BCUT2D eigenvalue weighted by Gasteiger charge is 2.34. The maximum atomic E-state index is 9.71. The van der Waals surface area contributed by atoms with Gasteiger partial charge in [0, 0.05) is 24.7 Å². The molecule has 0 spiro atoms. The van der Waals surface area contributed by atoms with Crippen LogP contribution in [-0.4, -0.2) is 47.8 Å². The molecule has 2 atom stereocenters. The standard InChI is InChI=1S/C10H22N2O/c1-5-10(2,3)12(4)8-6-11-7-9(8)13/h8-9,11,13H,5-7H2,1-4H3/t8-,9-/m1/s1. The molecule has 1 rings (SSSR count). The third-order valence-electron chi connectivity index (χ3n) is 3.47. The van der Waals surface area contributed by atoms with Crippen molar-refractivity contribution in [2.24, 2.45) is 0 Å². The van der Waals surface area contributed by atoms with Crippen LogP contribution in [0.2, 0.25) is 0 Å². The number of nitrogens with zero attached hydrogens (tertiary/aromatic N) is 1. The molecule has 2 N–H and O–H groups in total. The minimum absolute atomic E-state index is 0.178. The average molecular weight is 186 g/mol. The number of β-amino-alcohol motifs (C(OH)–C–C–N with tert-alkyl or cyclic N) is 1. The second-order valence-electron chi connectivity index (χ2n) is 4.57. The molecule has 1 fully saturated rings. The van der Waals surface area contributed by atoms with Crippen molar-refractivity contribution in [3.63, 3.8) is 0 Å². The lowest BCUT2D eigenvalue weighted by molar-refractivity contribution is 0.0361. The molecule has 1 heterocycles. The van der Waals surface area contributed by atoms with Crippen molar-refractivity contribution in [2.45, 2.75) is 44.9 Å². The molecule has 0 aliphatic carbocycles. The summed E-state index contributed by atoms with van der Waals surface area (Å²) in [4.78, 5) is 2.29. The molecule has 0 saturated carbocycles. The molecule has 0 amide bonds. The van der Waals surface area contributed by atoms with Crippen molar-refractivity contribution in [1.82, 2.24) is 10.2 Å². The largest absolute Gasteiger partial charge is 0.390 e. The second-order valence-corrected chi connectivity index (χ2v) is 4.57. The first kappa shape index (κ1) is 11.0. The third kappa shape index (κ3) is 2.22. The van der Waals surface area contributed by atoms with Crippen molar-refractivity contribution in [2.75, 3.05) is 20.1 Å². The van der Waals surface area contributed by atoms with E-state index in [2.05, 4.69) is 38.0 Å². The molecule has 0 radical (unpaired) electrons. The molecule has 13 heavy (non-hydrogen) atoms. The van der Waals surface area contributed by atoms with E-state index in [0.717, 1.165) is 19.5 Å². The third-order valence-corrected chi connectivity index (χ3v) is 3.47. The number of likely N-dealkylation sites (N-methyl/N-ethyl adjacent to an activating group) is 1. The zero-order chi connectivity index (χ0) is 10.1. The van der Waals surface area contributed by atoms with Crippen molar-refractivity contribution in [3.05, 3.63) is 0 Å². The van der Waals surface area contributed by atoms with Gasteiger partial charge in [-0.3, -0.25) is 4.90 Å². The number of rotatable bonds is 3. The second kappa shape index (κ2) is 3.95. The Morgan fingerprint density at radius 3 is 2.46 bits per heavy atom. The summed E-state index contributed by atoms with van der Waals surface area (Å²) < 4.78 is 0. The summed E-state index contributed by atoms with van der Waals surface area (Å²) in [5.74, 6) is 0.